The summed E-state index contributed by atoms with van der Waals surface area (Å²) in [6, 6.07) is 0. The normalized spacial score (nSPS) is 26.7. The van der Waals surface area contributed by atoms with E-state index >= 15 is 0 Å². The zero-order chi connectivity index (χ0) is 10.1. The molecule has 0 radical (unpaired) electrons. The highest BCUT2D eigenvalue weighted by Crippen LogP contribution is 2.24. The van der Waals surface area contributed by atoms with E-state index in [0.717, 1.165) is 10.9 Å². The highest BCUT2D eigenvalue weighted by molar-refractivity contribution is 5.80. The molecule has 0 bridgehead atoms. The zero-order valence-electron chi connectivity index (χ0n) is 9.34. The Kier molecular flexibility index (Phi) is 3.12. The molecular weight excluding hydrogens is 162 g/mol. The molecule has 0 aromatic carbocycles. The molecule has 1 fully saturated rings. The predicted molar refractivity (Wildman–Crippen MR) is 54.4 cm³/mol. The highest BCUT2D eigenvalue weighted by Gasteiger charge is 2.32. The lowest BCUT2D eigenvalue weighted by molar-refractivity contribution is -0.879. The summed E-state index contributed by atoms with van der Waals surface area (Å²) in [5.74, 6) is 1.30. The van der Waals surface area contributed by atoms with Crippen LogP contribution in [0.3, 0.4) is 0 Å². The number of carbonyl (C=O) groups is 1. The van der Waals surface area contributed by atoms with Crippen LogP contribution in [0.15, 0.2) is 0 Å². The van der Waals surface area contributed by atoms with Gasteiger partial charge < -0.3 is 4.48 Å². The van der Waals surface area contributed by atoms with Gasteiger partial charge in [-0.3, -0.25) is 4.79 Å². The smallest absolute Gasteiger partial charge is 0.135 e. The fourth-order valence-electron chi connectivity index (χ4n) is 2.10. The molecule has 2 nitrogen and oxygen atoms in total. The molecule has 1 aliphatic rings. The molecule has 76 valence electrons. The predicted octanol–water partition coefficient (Wildman–Crippen LogP) is 1.70. The molecule has 0 N–H and O–H groups in total. The summed E-state index contributed by atoms with van der Waals surface area (Å²) in [5.41, 5.74) is 0. The van der Waals surface area contributed by atoms with Crippen LogP contribution in [-0.4, -0.2) is 37.5 Å². The van der Waals surface area contributed by atoms with Crippen LogP contribution >= 0.6 is 0 Å². The van der Waals surface area contributed by atoms with Crippen LogP contribution in [0.5, 0.6) is 0 Å². The van der Waals surface area contributed by atoms with Gasteiger partial charge in [0.05, 0.1) is 27.2 Å². The van der Waals surface area contributed by atoms with E-state index in [9.17, 15) is 4.79 Å². The van der Waals surface area contributed by atoms with Gasteiger partial charge in [0, 0.05) is 24.7 Å². The molecule has 1 heterocycles. The number of ketones is 1. The van der Waals surface area contributed by atoms with E-state index < -0.39 is 0 Å². The third-order valence-corrected chi connectivity index (χ3v) is 3.03. The molecule has 1 rings (SSSR count). The number of hydrogen-bond acceptors (Lipinski definition) is 1. The molecule has 0 amide bonds. The average molecular weight is 184 g/mol. The first kappa shape index (κ1) is 10.7. The molecule has 2 heteroatoms. The Morgan fingerprint density at radius 2 is 2.08 bits per heavy atom. The number of hydrogen-bond donors (Lipinski definition) is 0. The van der Waals surface area contributed by atoms with Crippen molar-refractivity contribution in [2.45, 2.75) is 26.7 Å². The van der Waals surface area contributed by atoms with E-state index in [1.54, 1.807) is 0 Å². The Hall–Kier alpha value is -0.370. The van der Waals surface area contributed by atoms with Crippen molar-refractivity contribution in [1.82, 2.24) is 0 Å². The lowest BCUT2D eigenvalue weighted by Gasteiger charge is -2.23. The van der Waals surface area contributed by atoms with Gasteiger partial charge >= 0.3 is 0 Å². The molecule has 0 aromatic heterocycles. The molecule has 0 saturated carbocycles. The number of carbonyl (C=O) groups excluding carboxylic acids is 1. The summed E-state index contributed by atoms with van der Waals surface area (Å²) in [6.45, 7) is 6.41. The Morgan fingerprint density at radius 1 is 1.46 bits per heavy atom. The first-order valence-corrected chi connectivity index (χ1v) is 5.25. The van der Waals surface area contributed by atoms with Crippen LogP contribution in [0.25, 0.3) is 0 Å². The monoisotopic (exact) mass is 184 g/mol. The van der Waals surface area contributed by atoms with E-state index in [2.05, 4.69) is 14.1 Å². The lowest BCUT2D eigenvalue weighted by Crippen LogP contribution is -2.36. The van der Waals surface area contributed by atoms with Crippen LogP contribution in [0, 0.1) is 11.8 Å². The van der Waals surface area contributed by atoms with E-state index in [1.807, 2.05) is 13.8 Å². The minimum atomic E-state index is 0.219. The van der Waals surface area contributed by atoms with E-state index in [-0.39, 0.29) is 5.92 Å². The van der Waals surface area contributed by atoms with Gasteiger partial charge in [-0.1, -0.05) is 13.8 Å². The summed E-state index contributed by atoms with van der Waals surface area (Å²) >= 11 is 0. The Labute approximate surface area is 81.5 Å². The van der Waals surface area contributed by atoms with Crippen molar-refractivity contribution in [3.63, 3.8) is 0 Å². The van der Waals surface area contributed by atoms with Crippen molar-refractivity contribution in [2.24, 2.45) is 11.8 Å². The third-order valence-electron chi connectivity index (χ3n) is 3.03. The molecule has 0 unspecified atom stereocenters. The Bertz CT molecular complexity index is 196. The molecule has 1 atom stereocenters. The second kappa shape index (κ2) is 3.79. The molecular formula is C11H22NO+. The van der Waals surface area contributed by atoms with Crippen LogP contribution < -0.4 is 0 Å². The summed E-state index contributed by atoms with van der Waals surface area (Å²) in [5, 5.41) is 0. The minimum absolute atomic E-state index is 0.219. The number of likely N-dealkylation sites (tertiary alicyclic amines) is 1. The minimum Gasteiger partial charge on any atom is -0.328 e. The van der Waals surface area contributed by atoms with Gasteiger partial charge in [-0.15, -0.1) is 0 Å². The molecule has 0 aromatic rings. The number of rotatable bonds is 3. The Balaban J connectivity index is 2.37. The summed E-state index contributed by atoms with van der Waals surface area (Å²) in [4.78, 5) is 11.5. The second-order valence-corrected chi connectivity index (χ2v) is 5.32. The van der Waals surface area contributed by atoms with E-state index in [1.165, 1.54) is 19.5 Å². The maximum Gasteiger partial charge on any atom is 0.135 e. The van der Waals surface area contributed by atoms with Gasteiger partial charge in [-0.25, -0.2) is 0 Å². The quantitative estimate of drug-likeness (QED) is 0.610. The van der Waals surface area contributed by atoms with Crippen molar-refractivity contribution < 1.29 is 9.28 Å². The summed E-state index contributed by atoms with van der Waals surface area (Å²) < 4.78 is 1.09. The van der Waals surface area contributed by atoms with Crippen LogP contribution in [0.2, 0.25) is 0 Å². The first-order chi connectivity index (χ1) is 5.91. The topological polar surface area (TPSA) is 17.1 Å². The Morgan fingerprint density at radius 3 is 2.46 bits per heavy atom. The van der Waals surface area contributed by atoms with Crippen LogP contribution in [0.4, 0.5) is 0 Å². The molecule has 1 aliphatic heterocycles. The summed E-state index contributed by atoms with van der Waals surface area (Å²) in [6.07, 6.45) is 2.03. The SMILES string of the molecule is CC(C)C(=O)C[C@@H]1CC[N+](C)(C)C1. The van der Waals surface area contributed by atoms with Crippen LogP contribution in [0.1, 0.15) is 26.7 Å². The fourth-order valence-corrected chi connectivity index (χ4v) is 2.10. The number of nitrogens with zero attached hydrogens (tertiary/aromatic N) is 1. The third kappa shape index (κ3) is 3.11. The van der Waals surface area contributed by atoms with Gasteiger partial charge in [0.15, 0.2) is 0 Å². The van der Waals surface area contributed by atoms with Gasteiger partial charge in [-0.05, 0) is 0 Å². The van der Waals surface area contributed by atoms with Crippen molar-refractivity contribution in [3.05, 3.63) is 0 Å². The maximum absolute atomic E-state index is 11.5. The summed E-state index contributed by atoms with van der Waals surface area (Å²) in [7, 11) is 4.50. The van der Waals surface area contributed by atoms with Gasteiger partial charge in [-0.2, -0.15) is 0 Å². The second-order valence-electron chi connectivity index (χ2n) is 5.32. The zero-order valence-corrected chi connectivity index (χ0v) is 9.34. The molecule has 0 aliphatic carbocycles. The van der Waals surface area contributed by atoms with Gasteiger partial charge in [0.2, 0.25) is 0 Å². The van der Waals surface area contributed by atoms with E-state index in [0.29, 0.717) is 11.7 Å². The van der Waals surface area contributed by atoms with Gasteiger partial charge in [0.1, 0.15) is 5.78 Å². The van der Waals surface area contributed by atoms with Crippen molar-refractivity contribution in [3.8, 4) is 0 Å². The maximum atomic E-state index is 11.5. The fraction of sp³-hybridized carbons (Fsp3) is 0.909. The molecule has 1 saturated heterocycles. The number of Topliss-reactive ketones (excluding diaryl/α,β-unsaturated/α-hetero) is 1. The van der Waals surface area contributed by atoms with Crippen molar-refractivity contribution in [2.75, 3.05) is 27.2 Å². The standard InChI is InChI=1S/C11H22NO/c1-9(2)11(13)7-10-5-6-12(3,4)8-10/h9-10H,5-8H2,1-4H3/q+1/t10-/m0/s1. The first-order valence-electron chi connectivity index (χ1n) is 5.25. The van der Waals surface area contributed by atoms with Crippen molar-refractivity contribution in [1.29, 1.82) is 0 Å². The average Bonchev–Trinajstić information content (AvgIpc) is 2.30. The highest BCUT2D eigenvalue weighted by atomic mass is 16.1. The van der Waals surface area contributed by atoms with Crippen LogP contribution in [-0.2, 0) is 4.79 Å². The lowest BCUT2D eigenvalue weighted by atomic mass is 9.96. The van der Waals surface area contributed by atoms with E-state index in [4.69, 9.17) is 0 Å². The molecule has 0 spiro atoms. The largest absolute Gasteiger partial charge is 0.328 e. The van der Waals surface area contributed by atoms with Crippen molar-refractivity contribution >= 4 is 5.78 Å². The van der Waals surface area contributed by atoms with Gasteiger partial charge in [0.25, 0.3) is 0 Å². The molecule has 13 heavy (non-hydrogen) atoms. The number of quaternary nitrogens is 1.